The highest BCUT2D eigenvalue weighted by atomic mass is 36.0. The van der Waals surface area contributed by atoms with Crippen LogP contribution in [-0.2, 0) is 9.36 Å². The standard InChI is InChI=1S/C11H14ClNO.2C10H14ClN.C10H15NO.C8H9NO.Cl3OP/c1-2-13(8-7-12)11-5-3-10(9-14)4-6-11;2*1-2-12(9-8-11)10-6-4-3-5-7-10;1-2-11(8-9-12)10-6-4-3-5-7-10;1-9(7-10)8-5-3-2-4-6-8;1-5(2,3)4/h3-6,9H,2,7-8H2,1H3;2*3-7H,2,8-9H2,1H3;3-7,12H,2,8-9H2,1H3;2-7H,1H3;. The molecule has 0 radical (unpaired) electrons. The fraction of sp³-hybridized carbons (Fsp3) is 0.347. The SMILES string of the molecule is CCN(CCCl)c1ccc(C=O)cc1.CCN(CCCl)c1ccccc1.CCN(CCCl)c1ccccc1.CCN(CCO)c1ccccc1.CN(C=O)c1ccccc1.O=P(Cl)(Cl)Cl. The summed E-state index contributed by atoms with van der Waals surface area (Å²) >= 11 is 30.9. The Morgan fingerprint density at radius 1 is 0.462 bits per heavy atom. The number of hydrogen-bond acceptors (Lipinski definition) is 8. The van der Waals surface area contributed by atoms with E-state index in [0.29, 0.717) is 29.7 Å². The maximum Gasteiger partial charge on any atom is 0.339 e. The fourth-order valence-electron chi connectivity index (χ4n) is 5.71. The number of para-hydroxylation sites is 4. The Bertz CT molecular complexity index is 1780. The number of rotatable bonds is 19. The molecule has 0 aliphatic heterocycles. The van der Waals surface area contributed by atoms with Gasteiger partial charge in [0.15, 0.2) is 0 Å². The zero-order valence-electron chi connectivity index (χ0n) is 38.1. The van der Waals surface area contributed by atoms with E-state index < -0.39 is 5.20 Å². The molecule has 9 nitrogen and oxygen atoms in total. The number of aliphatic hydroxyl groups excluding tert-OH is 1. The van der Waals surface area contributed by atoms with Crippen LogP contribution >= 0.6 is 73.7 Å². The van der Waals surface area contributed by atoms with E-state index in [9.17, 15) is 14.2 Å². The molecule has 1 amide bonds. The monoisotopic (exact) mass is 1030 g/mol. The predicted octanol–water partition coefficient (Wildman–Crippen LogP) is 13.7. The maximum absolute atomic E-state index is 10.4. The largest absolute Gasteiger partial charge is 0.395 e. The minimum absolute atomic E-state index is 0.211. The number of nitrogens with zero attached hydrogens (tertiary/aromatic N) is 5. The van der Waals surface area contributed by atoms with Gasteiger partial charge in [-0.05, 0) is 134 Å². The van der Waals surface area contributed by atoms with Crippen LogP contribution in [-0.4, -0.2) is 101 Å². The Kier molecular flexibility index (Phi) is 37.3. The van der Waals surface area contributed by atoms with Crippen molar-refractivity contribution in [1.29, 1.82) is 0 Å². The summed E-state index contributed by atoms with van der Waals surface area (Å²) in [5, 5.41) is 5.57. The number of likely N-dealkylation sites (N-methyl/N-ethyl adjacent to an activating group) is 1. The lowest BCUT2D eigenvalue weighted by Gasteiger charge is -2.21. The van der Waals surface area contributed by atoms with E-state index in [4.69, 9.17) is 39.9 Å². The number of carbonyl (C=O) groups excluding carboxylic acids is 2. The summed E-state index contributed by atoms with van der Waals surface area (Å²) < 4.78 is 9.51. The second-order valence-electron chi connectivity index (χ2n) is 13.3. The molecule has 5 aromatic carbocycles. The Balaban J connectivity index is 0.000000769. The second kappa shape index (κ2) is 39.5. The van der Waals surface area contributed by atoms with Crippen LogP contribution in [0.15, 0.2) is 146 Å². The number of benzene rings is 5. The van der Waals surface area contributed by atoms with Gasteiger partial charge in [-0.1, -0.05) is 72.8 Å². The molecule has 0 saturated carbocycles. The average molecular weight is 1030 g/mol. The highest BCUT2D eigenvalue weighted by Crippen LogP contribution is 2.61. The third kappa shape index (κ3) is 30.3. The van der Waals surface area contributed by atoms with Crippen LogP contribution < -0.4 is 24.5 Å². The van der Waals surface area contributed by atoms with Crippen molar-refractivity contribution >= 4 is 115 Å². The van der Waals surface area contributed by atoms with Crippen molar-refractivity contribution in [2.24, 2.45) is 0 Å². The van der Waals surface area contributed by atoms with Gasteiger partial charge >= 0.3 is 5.20 Å². The molecule has 0 heterocycles. The Morgan fingerprint density at radius 2 is 0.723 bits per heavy atom. The summed E-state index contributed by atoms with van der Waals surface area (Å²) in [4.78, 5) is 31.0. The number of anilines is 5. The normalized spacial score (nSPS) is 9.85. The zero-order chi connectivity index (χ0) is 48.7. The van der Waals surface area contributed by atoms with Gasteiger partial charge < -0.3 is 29.6 Å². The molecule has 0 aromatic heterocycles. The van der Waals surface area contributed by atoms with Gasteiger partial charge in [0.05, 0.1) is 6.61 Å². The van der Waals surface area contributed by atoms with Crippen molar-refractivity contribution < 1.29 is 19.3 Å². The summed E-state index contributed by atoms with van der Waals surface area (Å²) in [5.41, 5.74) is 6.40. The van der Waals surface area contributed by atoms with Gasteiger partial charge in [0.2, 0.25) is 6.41 Å². The van der Waals surface area contributed by atoms with Gasteiger partial charge in [-0.2, -0.15) is 0 Å². The first kappa shape index (κ1) is 61.4. The first-order valence-corrected chi connectivity index (χ1v) is 27.2. The quantitative estimate of drug-likeness (QED) is 0.0497. The molecule has 0 saturated heterocycles. The average Bonchev–Trinajstić information content (AvgIpc) is 3.34. The van der Waals surface area contributed by atoms with Crippen LogP contribution in [0.2, 0.25) is 0 Å². The summed E-state index contributed by atoms with van der Waals surface area (Å²) in [7, 11) is 1.72. The third-order valence-corrected chi connectivity index (χ3v) is 9.55. The molecule has 0 fully saturated rings. The topological polar surface area (TPSA) is 87.6 Å². The lowest BCUT2D eigenvalue weighted by Crippen LogP contribution is -2.25. The van der Waals surface area contributed by atoms with Crippen LogP contribution in [0.5, 0.6) is 0 Å². The van der Waals surface area contributed by atoms with E-state index in [0.717, 1.165) is 69.9 Å². The Hall–Kier alpha value is -3.63. The summed E-state index contributed by atoms with van der Waals surface area (Å²) in [6.07, 6.45) is 1.64. The second-order valence-corrected chi connectivity index (χ2v) is 21.0. The van der Waals surface area contributed by atoms with Crippen molar-refractivity contribution in [3.05, 3.63) is 151 Å². The van der Waals surface area contributed by atoms with Gasteiger partial charge in [-0.15, -0.1) is 34.8 Å². The van der Waals surface area contributed by atoms with E-state index in [-0.39, 0.29) is 6.61 Å². The molecule has 65 heavy (non-hydrogen) atoms. The molecule has 0 spiro atoms. The molecule has 5 aromatic rings. The summed E-state index contributed by atoms with van der Waals surface area (Å²) in [6, 6.07) is 47.8. The van der Waals surface area contributed by atoms with E-state index in [1.54, 1.807) is 7.05 Å². The molecular formula is C49H66Cl6N5O4P. The molecule has 5 rings (SSSR count). The van der Waals surface area contributed by atoms with Crippen LogP contribution in [0, 0.1) is 0 Å². The molecule has 0 aliphatic carbocycles. The number of alkyl halides is 3. The molecule has 0 aliphatic rings. The minimum Gasteiger partial charge on any atom is -0.395 e. The number of hydrogen-bond donors (Lipinski definition) is 1. The Morgan fingerprint density at radius 3 is 0.954 bits per heavy atom. The Labute approximate surface area is 418 Å². The fourth-order valence-corrected chi connectivity index (χ4v) is 6.32. The van der Waals surface area contributed by atoms with Crippen molar-refractivity contribution in [3.8, 4) is 0 Å². The number of amides is 1. The van der Waals surface area contributed by atoms with Crippen LogP contribution in [0.3, 0.4) is 0 Å². The van der Waals surface area contributed by atoms with Crippen molar-refractivity contribution in [2.75, 3.05) is 108 Å². The molecule has 0 atom stereocenters. The maximum atomic E-state index is 10.4. The predicted molar refractivity (Wildman–Crippen MR) is 288 cm³/mol. The lowest BCUT2D eigenvalue weighted by molar-refractivity contribution is -0.107. The summed E-state index contributed by atoms with van der Waals surface area (Å²) in [6.45, 7) is 15.9. The highest BCUT2D eigenvalue weighted by molar-refractivity contribution is 8.24. The molecule has 0 bridgehead atoms. The lowest BCUT2D eigenvalue weighted by atomic mass is 10.2. The zero-order valence-corrected chi connectivity index (χ0v) is 43.5. The van der Waals surface area contributed by atoms with Crippen molar-refractivity contribution in [2.45, 2.75) is 27.7 Å². The number of carbonyl (C=O) groups is 2. The van der Waals surface area contributed by atoms with E-state index in [1.807, 2.05) is 109 Å². The molecule has 1 N–H and O–H groups in total. The van der Waals surface area contributed by atoms with Crippen molar-refractivity contribution in [3.63, 3.8) is 0 Å². The van der Waals surface area contributed by atoms with Gasteiger partial charge in [0.25, 0.3) is 0 Å². The molecule has 16 heteroatoms. The highest BCUT2D eigenvalue weighted by Gasteiger charge is 2.05. The smallest absolute Gasteiger partial charge is 0.339 e. The minimum atomic E-state index is -3.22. The van der Waals surface area contributed by atoms with Gasteiger partial charge in [0, 0.05) is 111 Å². The first-order chi connectivity index (χ1) is 31.3. The first-order valence-electron chi connectivity index (χ1n) is 21.2. The van der Waals surface area contributed by atoms with E-state index in [1.165, 1.54) is 22.0 Å². The van der Waals surface area contributed by atoms with Gasteiger partial charge in [-0.25, -0.2) is 0 Å². The molecular weight excluding hydrogens is 966 g/mol. The van der Waals surface area contributed by atoms with E-state index >= 15 is 0 Å². The molecule has 0 unspecified atom stereocenters. The van der Waals surface area contributed by atoms with E-state index in [2.05, 4.69) is 117 Å². The number of aliphatic hydroxyl groups is 1. The summed E-state index contributed by atoms with van der Waals surface area (Å²) in [5.74, 6) is 1.98. The van der Waals surface area contributed by atoms with Crippen LogP contribution in [0.1, 0.15) is 38.1 Å². The van der Waals surface area contributed by atoms with Crippen LogP contribution in [0.25, 0.3) is 0 Å². The molecule has 358 valence electrons. The van der Waals surface area contributed by atoms with Gasteiger partial charge in [0.1, 0.15) is 6.29 Å². The van der Waals surface area contributed by atoms with Crippen LogP contribution in [0.4, 0.5) is 28.4 Å². The van der Waals surface area contributed by atoms with Crippen molar-refractivity contribution in [1.82, 2.24) is 0 Å². The van der Waals surface area contributed by atoms with Gasteiger partial charge in [-0.3, -0.25) is 14.2 Å². The number of halogens is 6. The third-order valence-electron chi connectivity index (χ3n) is 9.04. The number of aldehydes is 1.